The Hall–Kier alpha value is -1.76. The minimum Gasteiger partial charge on any atom is -0.341 e. The van der Waals surface area contributed by atoms with Crippen LogP contribution in [0.5, 0.6) is 0 Å². The highest BCUT2D eigenvalue weighted by molar-refractivity contribution is 5.82. The third-order valence-electron chi connectivity index (χ3n) is 3.51. The van der Waals surface area contributed by atoms with Gasteiger partial charge in [-0.3, -0.25) is 0 Å². The van der Waals surface area contributed by atoms with Gasteiger partial charge in [0.2, 0.25) is 0 Å². The van der Waals surface area contributed by atoms with Gasteiger partial charge in [0.25, 0.3) is 0 Å². The summed E-state index contributed by atoms with van der Waals surface area (Å²) in [5.41, 5.74) is 2.41. The fourth-order valence-corrected chi connectivity index (χ4v) is 2.26. The van der Waals surface area contributed by atoms with Crippen molar-refractivity contribution < 1.29 is 0 Å². The number of aromatic nitrogens is 1. The van der Waals surface area contributed by atoms with Crippen LogP contribution in [0.2, 0.25) is 0 Å². The molecule has 1 heteroatoms. The van der Waals surface area contributed by atoms with E-state index in [1.54, 1.807) is 0 Å². The van der Waals surface area contributed by atoms with E-state index < -0.39 is 0 Å². The van der Waals surface area contributed by atoms with Gasteiger partial charge in [0.1, 0.15) is 0 Å². The molecule has 0 spiro atoms. The Morgan fingerprint density at radius 3 is 2.61 bits per heavy atom. The Balaban J connectivity index is 2.83. The predicted molar refractivity (Wildman–Crippen MR) is 80.8 cm³/mol. The zero-order valence-electron chi connectivity index (χ0n) is 11.5. The van der Waals surface area contributed by atoms with Crippen molar-refractivity contribution in [3.05, 3.63) is 47.0 Å². The van der Waals surface area contributed by atoms with E-state index in [1.807, 2.05) is 0 Å². The van der Waals surface area contributed by atoms with Crippen LogP contribution in [0.4, 0.5) is 0 Å². The smallest absolute Gasteiger partial charge is 0.0491 e. The van der Waals surface area contributed by atoms with Gasteiger partial charge in [0, 0.05) is 28.0 Å². The topological polar surface area (TPSA) is 4.93 Å². The zero-order chi connectivity index (χ0) is 13.3. The Morgan fingerprint density at radius 2 is 2.00 bits per heavy atom. The van der Waals surface area contributed by atoms with Crippen molar-refractivity contribution in [2.75, 3.05) is 0 Å². The first-order chi connectivity index (χ1) is 8.56. The molecule has 0 unspecified atom stereocenters. The standard InChI is InChI=1S/C17H21N/c1-6-18-14(5)16(11-13(4)12(2)3)15-9-7-8-10-17(15)18/h7-12H,4-6H2,1-3H3/b16-11+. The van der Waals surface area contributed by atoms with Crippen LogP contribution >= 0.6 is 0 Å². The quantitative estimate of drug-likeness (QED) is 0.776. The minimum absolute atomic E-state index is 0.466. The SMILES string of the molecule is C=C(/C=c1\c(=C)n(CC)c2ccccc12)C(C)C. The Bertz CT molecular complexity index is 686. The van der Waals surface area contributed by atoms with E-state index >= 15 is 0 Å². The van der Waals surface area contributed by atoms with Crippen LogP contribution in [-0.4, -0.2) is 4.57 Å². The number of benzene rings is 1. The van der Waals surface area contributed by atoms with Crippen LogP contribution in [0.25, 0.3) is 23.6 Å². The molecule has 0 N–H and O–H groups in total. The molecule has 0 amide bonds. The van der Waals surface area contributed by atoms with Crippen molar-refractivity contribution in [2.45, 2.75) is 27.3 Å². The summed E-state index contributed by atoms with van der Waals surface area (Å²) in [5, 5.41) is 3.57. The number of fused-ring (bicyclic) bond motifs is 1. The summed E-state index contributed by atoms with van der Waals surface area (Å²) < 4.78 is 2.26. The van der Waals surface area contributed by atoms with E-state index in [2.05, 4.69) is 68.8 Å². The maximum atomic E-state index is 4.23. The molecule has 0 fully saturated rings. The zero-order valence-corrected chi connectivity index (χ0v) is 11.5. The molecule has 0 saturated heterocycles. The predicted octanol–water partition coefficient (Wildman–Crippen LogP) is 3.06. The molecular formula is C17H21N. The van der Waals surface area contributed by atoms with E-state index in [-0.39, 0.29) is 0 Å². The van der Waals surface area contributed by atoms with Gasteiger partial charge in [-0.15, -0.1) is 0 Å². The van der Waals surface area contributed by atoms with Gasteiger partial charge < -0.3 is 4.57 Å². The van der Waals surface area contributed by atoms with Gasteiger partial charge in [-0.1, -0.05) is 50.8 Å². The number of para-hydroxylation sites is 1. The molecule has 0 aliphatic heterocycles. The molecule has 0 atom stereocenters. The lowest BCUT2D eigenvalue weighted by molar-refractivity contribution is 0.771. The highest BCUT2D eigenvalue weighted by Crippen LogP contribution is 2.11. The van der Waals surface area contributed by atoms with Crippen molar-refractivity contribution in [3.63, 3.8) is 0 Å². The molecule has 1 nitrogen and oxygen atoms in total. The van der Waals surface area contributed by atoms with Gasteiger partial charge in [-0.2, -0.15) is 0 Å². The first-order valence-corrected chi connectivity index (χ1v) is 6.53. The van der Waals surface area contributed by atoms with E-state index in [0.29, 0.717) is 5.92 Å². The maximum absolute atomic E-state index is 4.23. The fraction of sp³-hybridized carbons (Fsp3) is 0.294. The molecule has 0 bridgehead atoms. The van der Waals surface area contributed by atoms with E-state index in [4.69, 9.17) is 0 Å². The highest BCUT2D eigenvalue weighted by atomic mass is 15.0. The first-order valence-electron chi connectivity index (χ1n) is 6.53. The molecule has 18 heavy (non-hydrogen) atoms. The number of hydrogen-bond donors (Lipinski definition) is 0. The molecule has 1 heterocycles. The molecule has 1 aromatic heterocycles. The van der Waals surface area contributed by atoms with Gasteiger partial charge in [-0.25, -0.2) is 0 Å². The van der Waals surface area contributed by atoms with Crippen LogP contribution in [0.3, 0.4) is 0 Å². The summed E-state index contributed by atoms with van der Waals surface area (Å²) in [4.78, 5) is 0. The van der Waals surface area contributed by atoms with Gasteiger partial charge >= 0.3 is 0 Å². The van der Waals surface area contributed by atoms with Crippen LogP contribution < -0.4 is 10.6 Å². The number of hydrogen-bond acceptors (Lipinski definition) is 0. The molecule has 2 aromatic rings. The summed E-state index contributed by atoms with van der Waals surface area (Å²) in [6.07, 6.45) is 2.18. The molecule has 1 aromatic carbocycles. The fourth-order valence-electron chi connectivity index (χ4n) is 2.26. The number of aryl methyl sites for hydroxylation is 1. The molecule has 0 aliphatic carbocycles. The van der Waals surface area contributed by atoms with Gasteiger partial charge in [0.15, 0.2) is 0 Å². The summed E-state index contributed by atoms with van der Waals surface area (Å²) in [5.74, 6) is 0.466. The molecule has 0 saturated carbocycles. The van der Waals surface area contributed by atoms with Crippen molar-refractivity contribution >= 4 is 23.6 Å². The molecule has 0 radical (unpaired) electrons. The van der Waals surface area contributed by atoms with Crippen molar-refractivity contribution in [1.82, 2.24) is 4.57 Å². The molecule has 94 valence electrons. The van der Waals surface area contributed by atoms with Crippen molar-refractivity contribution in [3.8, 4) is 0 Å². The summed E-state index contributed by atoms with van der Waals surface area (Å²) in [7, 11) is 0. The summed E-state index contributed by atoms with van der Waals surface area (Å²) >= 11 is 0. The lowest BCUT2D eigenvalue weighted by Gasteiger charge is -2.02. The monoisotopic (exact) mass is 239 g/mol. The molecule has 0 aliphatic rings. The third-order valence-corrected chi connectivity index (χ3v) is 3.51. The first kappa shape index (κ1) is 12.7. The van der Waals surface area contributed by atoms with E-state index in [0.717, 1.165) is 17.5 Å². The van der Waals surface area contributed by atoms with E-state index in [1.165, 1.54) is 16.1 Å². The second-order valence-corrected chi connectivity index (χ2v) is 5.00. The van der Waals surface area contributed by atoms with Crippen molar-refractivity contribution in [2.24, 2.45) is 5.92 Å². The number of rotatable bonds is 3. The summed E-state index contributed by atoms with van der Waals surface area (Å²) in [6.45, 7) is 15.8. The minimum atomic E-state index is 0.466. The molecule has 2 rings (SSSR count). The number of allylic oxidation sites excluding steroid dienone is 1. The Kier molecular flexibility index (Phi) is 3.42. The van der Waals surface area contributed by atoms with E-state index in [9.17, 15) is 0 Å². The normalized spacial score (nSPS) is 12.6. The van der Waals surface area contributed by atoms with Gasteiger partial charge in [-0.05, 0) is 25.0 Å². The number of nitrogens with zero attached hydrogens (tertiary/aromatic N) is 1. The second kappa shape index (κ2) is 4.85. The van der Waals surface area contributed by atoms with Crippen LogP contribution in [0.15, 0.2) is 36.4 Å². The average Bonchev–Trinajstić information content (AvgIpc) is 2.62. The summed E-state index contributed by atoms with van der Waals surface area (Å²) in [6, 6.07) is 8.48. The molecular weight excluding hydrogens is 218 g/mol. The van der Waals surface area contributed by atoms with Crippen LogP contribution in [-0.2, 0) is 6.54 Å². The lowest BCUT2D eigenvalue weighted by atomic mass is 10.0. The third kappa shape index (κ3) is 2.01. The lowest BCUT2D eigenvalue weighted by Crippen LogP contribution is -2.27. The maximum Gasteiger partial charge on any atom is 0.0491 e. The Labute approximate surface area is 109 Å². The Morgan fingerprint density at radius 1 is 1.33 bits per heavy atom. The highest BCUT2D eigenvalue weighted by Gasteiger charge is 2.05. The van der Waals surface area contributed by atoms with Gasteiger partial charge in [0.05, 0.1) is 0 Å². The van der Waals surface area contributed by atoms with Crippen LogP contribution in [0, 0.1) is 5.92 Å². The second-order valence-electron chi connectivity index (χ2n) is 5.00. The average molecular weight is 239 g/mol. The largest absolute Gasteiger partial charge is 0.341 e. The van der Waals surface area contributed by atoms with Crippen molar-refractivity contribution in [1.29, 1.82) is 0 Å². The van der Waals surface area contributed by atoms with Crippen LogP contribution in [0.1, 0.15) is 20.8 Å².